The van der Waals surface area contributed by atoms with Crippen LogP contribution in [0.1, 0.15) is 24.2 Å². The summed E-state index contributed by atoms with van der Waals surface area (Å²) in [5.41, 5.74) is 1.91. The third kappa shape index (κ3) is 4.01. The second-order valence-electron chi connectivity index (χ2n) is 3.13. The monoisotopic (exact) mass is 189 g/mol. The van der Waals surface area contributed by atoms with Crippen molar-refractivity contribution in [2.45, 2.75) is 26.3 Å². The van der Waals surface area contributed by atoms with Crippen molar-refractivity contribution in [1.82, 2.24) is 15.3 Å². The zero-order valence-electron chi connectivity index (χ0n) is 8.45. The molecule has 0 amide bonds. The summed E-state index contributed by atoms with van der Waals surface area (Å²) < 4.78 is 0. The van der Waals surface area contributed by atoms with Crippen molar-refractivity contribution in [3.8, 4) is 12.3 Å². The van der Waals surface area contributed by atoms with E-state index in [0.29, 0.717) is 0 Å². The van der Waals surface area contributed by atoms with E-state index in [2.05, 4.69) is 21.2 Å². The Hall–Kier alpha value is -1.40. The molecular formula is C11H15N3. The van der Waals surface area contributed by atoms with E-state index in [1.807, 2.05) is 6.92 Å². The topological polar surface area (TPSA) is 37.8 Å². The lowest BCUT2D eigenvalue weighted by molar-refractivity contribution is 0.647. The number of rotatable bonds is 5. The average molecular weight is 189 g/mol. The molecule has 3 heteroatoms. The summed E-state index contributed by atoms with van der Waals surface area (Å²) in [6.45, 7) is 3.62. The molecule has 1 N–H and O–H groups in total. The molecule has 0 saturated heterocycles. The van der Waals surface area contributed by atoms with Crippen molar-refractivity contribution in [3.05, 3.63) is 23.8 Å². The first-order valence-corrected chi connectivity index (χ1v) is 4.74. The highest BCUT2D eigenvalue weighted by Crippen LogP contribution is 1.93. The zero-order chi connectivity index (χ0) is 10.2. The highest BCUT2D eigenvalue weighted by Gasteiger charge is 1.93. The van der Waals surface area contributed by atoms with Crippen LogP contribution in [-0.2, 0) is 6.54 Å². The van der Waals surface area contributed by atoms with Gasteiger partial charge in [0.2, 0.25) is 0 Å². The zero-order valence-corrected chi connectivity index (χ0v) is 8.45. The summed E-state index contributed by atoms with van der Waals surface area (Å²) >= 11 is 0. The van der Waals surface area contributed by atoms with Crippen LogP contribution in [0.4, 0.5) is 0 Å². The minimum Gasteiger partial charge on any atom is -0.311 e. The number of hydrogen-bond donors (Lipinski definition) is 1. The number of aryl methyl sites for hydroxylation is 1. The van der Waals surface area contributed by atoms with Gasteiger partial charge in [-0.2, -0.15) is 0 Å². The molecule has 14 heavy (non-hydrogen) atoms. The van der Waals surface area contributed by atoms with Crippen LogP contribution in [0.2, 0.25) is 0 Å². The Morgan fingerprint density at radius 3 is 2.93 bits per heavy atom. The van der Waals surface area contributed by atoms with Gasteiger partial charge in [0.15, 0.2) is 0 Å². The fraction of sp³-hybridized carbons (Fsp3) is 0.455. The smallest absolute Gasteiger partial charge is 0.0724 e. The maximum absolute atomic E-state index is 5.14. The number of aromatic nitrogens is 2. The number of terminal acetylenes is 1. The summed E-state index contributed by atoms with van der Waals surface area (Å²) in [7, 11) is 0. The first kappa shape index (κ1) is 10.7. The van der Waals surface area contributed by atoms with Gasteiger partial charge in [-0.1, -0.05) is 0 Å². The second kappa shape index (κ2) is 6.11. The predicted molar refractivity (Wildman–Crippen MR) is 56.5 cm³/mol. The summed E-state index contributed by atoms with van der Waals surface area (Å²) in [4.78, 5) is 8.39. The van der Waals surface area contributed by atoms with Gasteiger partial charge in [0, 0.05) is 25.4 Å². The van der Waals surface area contributed by atoms with Crippen LogP contribution in [0.15, 0.2) is 12.4 Å². The SMILES string of the molecule is C#CCCCNCc1cnc(C)cn1. The van der Waals surface area contributed by atoms with Crippen molar-refractivity contribution >= 4 is 0 Å². The van der Waals surface area contributed by atoms with E-state index < -0.39 is 0 Å². The van der Waals surface area contributed by atoms with Gasteiger partial charge in [0.25, 0.3) is 0 Å². The molecule has 0 unspecified atom stereocenters. The van der Waals surface area contributed by atoms with E-state index in [1.165, 1.54) is 0 Å². The minimum atomic E-state index is 0.762. The van der Waals surface area contributed by atoms with E-state index >= 15 is 0 Å². The molecule has 0 aliphatic heterocycles. The number of nitrogens with zero attached hydrogens (tertiary/aromatic N) is 2. The molecule has 0 spiro atoms. The Kier molecular flexibility index (Phi) is 4.66. The van der Waals surface area contributed by atoms with Crippen molar-refractivity contribution in [1.29, 1.82) is 0 Å². The Morgan fingerprint density at radius 2 is 2.29 bits per heavy atom. The third-order valence-corrected chi connectivity index (χ3v) is 1.82. The van der Waals surface area contributed by atoms with E-state index in [1.54, 1.807) is 12.4 Å². The molecule has 0 aliphatic rings. The fourth-order valence-corrected chi connectivity index (χ4v) is 1.04. The molecule has 0 atom stereocenters. The van der Waals surface area contributed by atoms with Crippen LogP contribution in [0.3, 0.4) is 0 Å². The molecule has 0 radical (unpaired) electrons. The van der Waals surface area contributed by atoms with Crippen molar-refractivity contribution in [3.63, 3.8) is 0 Å². The van der Waals surface area contributed by atoms with Crippen LogP contribution in [0.25, 0.3) is 0 Å². The predicted octanol–water partition coefficient (Wildman–Crippen LogP) is 1.29. The van der Waals surface area contributed by atoms with Crippen LogP contribution < -0.4 is 5.32 Å². The Bertz CT molecular complexity index is 297. The van der Waals surface area contributed by atoms with Crippen molar-refractivity contribution in [2.75, 3.05) is 6.54 Å². The van der Waals surface area contributed by atoms with Crippen LogP contribution in [0.5, 0.6) is 0 Å². The molecule has 1 rings (SSSR count). The lowest BCUT2D eigenvalue weighted by Gasteiger charge is -2.02. The lowest BCUT2D eigenvalue weighted by Crippen LogP contribution is -2.15. The van der Waals surface area contributed by atoms with E-state index in [0.717, 1.165) is 37.3 Å². The van der Waals surface area contributed by atoms with Crippen molar-refractivity contribution in [2.24, 2.45) is 0 Å². The summed E-state index contributed by atoms with van der Waals surface area (Å²) in [6.07, 6.45) is 10.5. The van der Waals surface area contributed by atoms with Gasteiger partial charge in [-0.15, -0.1) is 12.3 Å². The Balaban J connectivity index is 2.19. The van der Waals surface area contributed by atoms with Gasteiger partial charge in [-0.3, -0.25) is 9.97 Å². The number of hydrogen-bond acceptors (Lipinski definition) is 3. The molecular weight excluding hydrogens is 174 g/mol. The van der Waals surface area contributed by atoms with E-state index in [9.17, 15) is 0 Å². The van der Waals surface area contributed by atoms with Crippen molar-refractivity contribution < 1.29 is 0 Å². The standard InChI is InChI=1S/C11H15N3/c1-3-4-5-6-12-8-11-9-13-10(2)7-14-11/h1,7,9,12H,4-6,8H2,2H3. The number of nitrogens with one attached hydrogen (secondary N) is 1. The van der Waals surface area contributed by atoms with E-state index in [-0.39, 0.29) is 0 Å². The normalized spacial score (nSPS) is 9.71. The molecule has 74 valence electrons. The molecule has 1 aromatic heterocycles. The summed E-state index contributed by atoms with van der Waals surface area (Å²) in [5.74, 6) is 2.61. The lowest BCUT2D eigenvalue weighted by atomic mass is 10.3. The van der Waals surface area contributed by atoms with Gasteiger partial charge in [-0.25, -0.2) is 0 Å². The Labute approximate surface area is 85.0 Å². The molecule has 1 aromatic rings. The quantitative estimate of drug-likeness (QED) is 0.560. The van der Waals surface area contributed by atoms with Gasteiger partial charge < -0.3 is 5.32 Å². The minimum absolute atomic E-state index is 0.762. The average Bonchev–Trinajstić information content (AvgIpc) is 2.21. The largest absolute Gasteiger partial charge is 0.311 e. The highest BCUT2D eigenvalue weighted by atomic mass is 14.9. The first-order valence-electron chi connectivity index (χ1n) is 4.74. The highest BCUT2D eigenvalue weighted by molar-refractivity contribution is 5.00. The Morgan fingerprint density at radius 1 is 1.43 bits per heavy atom. The van der Waals surface area contributed by atoms with Gasteiger partial charge in [0.05, 0.1) is 11.4 Å². The van der Waals surface area contributed by atoms with Crippen LogP contribution >= 0.6 is 0 Å². The summed E-state index contributed by atoms with van der Waals surface area (Å²) in [5, 5.41) is 3.26. The first-order chi connectivity index (χ1) is 6.83. The molecule has 0 saturated carbocycles. The molecule has 0 fully saturated rings. The maximum Gasteiger partial charge on any atom is 0.0724 e. The molecule has 1 heterocycles. The second-order valence-corrected chi connectivity index (χ2v) is 3.13. The molecule has 0 aromatic carbocycles. The van der Waals surface area contributed by atoms with Gasteiger partial charge >= 0.3 is 0 Å². The third-order valence-electron chi connectivity index (χ3n) is 1.82. The van der Waals surface area contributed by atoms with Gasteiger partial charge in [0.1, 0.15) is 0 Å². The maximum atomic E-state index is 5.14. The molecule has 0 aliphatic carbocycles. The van der Waals surface area contributed by atoms with E-state index in [4.69, 9.17) is 6.42 Å². The van der Waals surface area contributed by atoms with Crippen LogP contribution in [0, 0.1) is 19.3 Å². The number of unbranched alkanes of at least 4 members (excludes halogenated alkanes) is 1. The summed E-state index contributed by atoms with van der Waals surface area (Å²) in [6, 6.07) is 0. The van der Waals surface area contributed by atoms with Gasteiger partial charge in [-0.05, 0) is 19.9 Å². The van der Waals surface area contributed by atoms with Crippen LogP contribution in [-0.4, -0.2) is 16.5 Å². The fourth-order valence-electron chi connectivity index (χ4n) is 1.04. The molecule has 3 nitrogen and oxygen atoms in total. The molecule has 0 bridgehead atoms.